The Morgan fingerprint density at radius 3 is 2.36 bits per heavy atom. The number of hydrogen-bond acceptors (Lipinski definition) is 14. The number of amides is 2. The Bertz CT molecular complexity index is 2060. The number of amidine groups is 1. The minimum atomic E-state index is -1.42. The van der Waals surface area contributed by atoms with Gasteiger partial charge in [-0.3, -0.25) is 20.3 Å². The van der Waals surface area contributed by atoms with Gasteiger partial charge in [0.2, 0.25) is 6.29 Å². The molecule has 5 rings (SSSR count). The van der Waals surface area contributed by atoms with Gasteiger partial charge in [-0.1, -0.05) is 36.9 Å². The van der Waals surface area contributed by atoms with Gasteiger partial charge in [0.05, 0.1) is 19.3 Å². The predicted octanol–water partition coefficient (Wildman–Crippen LogP) is 5.72. The van der Waals surface area contributed by atoms with E-state index in [1.807, 2.05) is 0 Å². The number of esters is 1. The van der Waals surface area contributed by atoms with Gasteiger partial charge in [-0.15, -0.1) is 0 Å². The second-order valence-electron chi connectivity index (χ2n) is 14.6. The summed E-state index contributed by atoms with van der Waals surface area (Å²) in [6.07, 6.45) is -0.897. The Kier molecular flexibility index (Phi) is 14.1. The highest BCUT2D eigenvalue weighted by Crippen LogP contribution is 2.33. The molecule has 4 N–H and O–H groups in total. The topological polar surface area (TPSA) is 222 Å². The minimum absolute atomic E-state index is 0.0561. The summed E-state index contributed by atoms with van der Waals surface area (Å²) in [4.78, 5) is 69.8. The summed E-state index contributed by atoms with van der Waals surface area (Å²) < 4.78 is 31.7. The molecule has 0 spiro atoms. The molecular weight excluding hydrogens is 752 g/mol. The van der Waals surface area contributed by atoms with Crippen molar-refractivity contribution in [2.45, 2.75) is 84.8 Å². The van der Waals surface area contributed by atoms with Gasteiger partial charge in [0.1, 0.15) is 24.2 Å². The third-order valence-electron chi connectivity index (χ3n) is 9.00. The maximum atomic E-state index is 14.2. The molecule has 2 atom stereocenters. The fraction of sp³-hybridized carbons (Fsp3) is 0.405. The zero-order chi connectivity index (χ0) is 42.1. The normalized spacial score (nSPS) is 16.2. The number of aliphatic hydroxyl groups is 1. The van der Waals surface area contributed by atoms with Crippen LogP contribution in [0.2, 0.25) is 0 Å². The zero-order valence-corrected chi connectivity index (χ0v) is 33.0. The quantitative estimate of drug-likeness (QED) is 0.0341. The van der Waals surface area contributed by atoms with E-state index in [-0.39, 0.29) is 53.5 Å². The number of carbonyl (C=O) groups excluding carboxylic acids is 5. The summed E-state index contributed by atoms with van der Waals surface area (Å²) in [5, 5.41) is 23.8. The first kappa shape index (κ1) is 43.2. The van der Waals surface area contributed by atoms with E-state index in [0.29, 0.717) is 34.7 Å². The van der Waals surface area contributed by atoms with Crippen molar-refractivity contribution >= 4 is 41.8 Å². The molecule has 0 radical (unpaired) electrons. The SMILES string of the molecule is C=Cc1cc(C(=O)Cc2ccc(C(=N)NC(=O)OCC3COC(C)(C)O3)cc2)c(-c2ccc(C(=O)NCC3CC3)nc2C(=O)OC(C)OC(=O)OC(C)C)cc1CO. The number of Topliss-reactive ketones (excluding diaryl/α,β-unsaturated/α-hetero) is 1. The van der Waals surface area contributed by atoms with Crippen molar-refractivity contribution in [3.63, 3.8) is 0 Å². The summed E-state index contributed by atoms with van der Waals surface area (Å²) in [6, 6.07) is 12.3. The standard InChI is InChI=1S/C42H48N4O12/c1-7-27-17-33(35(48)16-25-10-12-28(13-11-25)37(43)46-40(51)53-21-30-22-54-42(5,6)58-30)32(18-29(27)20-47)31-14-15-34(38(49)44-19-26-8-9-26)45-36(31)39(50)56-24(4)57-41(52)55-23(2)3/h7,10-15,17-18,23-24,26,30,47H,1,8-9,16,19-22H2,2-6H3,(H,44,49)(H2,43,46,51). The molecule has 2 amide bonds. The number of nitrogens with zero attached hydrogens (tertiary/aromatic N) is 1. The van der Waals surface area contributed by atoms with Crippen molar-refractivity contribution in [2.24, 2.45) is 5.92 Å². The first-order chi connectivity index (χ1) is 27.5. The van der Waals surface area contributed by atoms with E-state index in [1.54, 1.807) is 58.0 Å². The zero-order valence-electron chi connectivity index (χ0n) is 33.0. The smallest absolute Gasteiger partial charge is 0.446 e. The van der Waals surface area contributed by atoms with Crippen LogP contribution in [0.15, 0.2) is 55.1 Å². The van der Waals surface area contributed by atoms with E-state index >= 15 is 0 Å². The lowest BCUT2D eigenvalue weighted by Crippen LogP contribution is -2.34. The van der Waals surface area contributed by atoms with Crippen molar-refractivity contribution in [3.05, 3.63) is 94.3 Å². The van der Waals surface area contributed by atoms with Crippen molar-refractivity contribution < 1.29 is 57.5 Å². The first-order valence-electron chi connectivity index (χ1n) is 18.8. The summed E-state index contributed by atoms with van der Waals surface area (Å²) in [5.41, 5.74) is 1.77. The Balaban J connectivity index is 1.39. The fourth-order valence-electron chi connectivity index (χ4n) is 5.93. The Hall–Kier alpha value is -5.97. The molecule has 1 saturated carbocycles. The lowest BCUT2D eigenvalue weighted by molar-refractivity contribution is -0.142. The largest absolute Gasteiger partial charge is 0.511 e. The number of ether oxygens (including phenoxy) is 6. The number of nitrogens with one attached hydrogen (secondary N) is 3. The van der Waals surface area contributed by atoms with Crippen molar-refractivity contribution in [3.8, 4) is 11.1 Å². The second-order valence-corrected chi connectivity index (χ2v) is 14.6. The van der Waals surface area contributed by atoms with Gasteiger partial charge >= 0.3 is 18.2 Å². The molecule has 308 valence electrons. The van der Waals surface area contributed by atoms with Gasteiger partial charge in [0.25, 0.3) is 5.91 Å². The van der Waals surface area contributed by atoms with Crippen LogP contribution in [0.5, 0.6) is 0 Å². The molecule has 1 aromatic heterocycles. The number of alkyl carbamates (subject to hydrolysis) is 1. The van der Waals surface area contributed by atoms with Crippen LogP contribution in [-0.4, -0.2) is 89.9 Å². The number of carbonyl (C=O) groups is 5. The Morgan fingerprint density at radius 1 is 1.02 bits per heavy atom. The van der Waals surface area contributed by atoms with Crippen LogP contribution >= 0.6 is 0 Å². The molecule has 58 heavy (non-hydrogen) atoms. The minimum Gasteiger partial charge on any atom is -0.446 e. The molecule has 1 saturated heterocycles. The van der Waals surface area contributed by atoms with Crippen LogP contribution in [0.1, 0.15) is 101 Å². The van der Waals surface area contributed by atoms with E-state index in [4.69, 9.17) is 33.8 Å². The summed E-state index contributed by atoms with van der Waals surface area (Å²) in [6.45, 7) is 12.1. The van der Waals surface area contributed by atoms with Crippen LogP contribution in [-0.2, 0) is 41.4 Å². The third kappa shape index (κ3) is 11.8. The Labute approximate surface area is 335 Å². The lowest BCUT2D eigenvalue weighted by Gasteiger charge is -2.18. The van der Waals surface area contributed by atoms with Gasteiger partial charge in [0.15, 0.2) is 17.3 Å². The summed E-state index contributed by atoms with van der Waals surface area (Å²) in [5.74, 6) is -2.60. The molecule has 1 aliphatic heterocycles. The van der Waals surface area contributed by atoms with Gasteiger partial charge in [0, 0.05) is 36.6 Å². The van der Waals surface area contributed by atoms with Gasteiger partial charge in [-0.2, -0.15) is 0 Å². The lowest BCUT2D eigenvalue weighted by atomic mass is 9.89. The van der Waals surface area contributed by atoms with E-state index in [9.17, 15) is 29.1 Å². The average molecular weight is 801 g/mol. The molecule has 2 heterocycles. The molecule has 2 aromatic carbocycles. The molecule has 16 heteroatoms. The summed E-state index contributed by atoms with van der Waals surface area (Å²) >= 11 is 0. The number of aromatic nitrogens is 1. The van der Waals surface area contributed by atoms with Crippen molar-refractivity contribution in [1.82, 2.24) is 15.6 Å². The number of hydrogen-bond donors (Lipinski definition) is 4. The third-order valence-corrected chi connectivity index (χ3v) is 9.00. The molecule has 2 unspecified atom stereocenters. The van der Waals surface area contributed by atoms with Crippen LogP contribution in [0, 0.1) is 11.3 Å². The Morgan fingerprint density at radius 2 is 1.74 bits per heavy atom. The molecule has 0 bridgehead atoms. The van der Waals surface area contributed by atoms with Crippen molar-refractivity contribution in [1.29, 1.82) is 5.41 Å². The summed E-state index contributed by atoms with van der Waals surface area (Å²) in [7, 11) is 0. The highest BCUT2D eigenvalue weighted by Gasteiger charge is 2.33. The maximum Gasteiger partial charge on any atom is 0.511 e. The van der Waals surface area contributed by atoms with Crippen LogP contribution < -0.4 is 10.6 Å². The molecule has 2 aliphatic rings. The highest BCUT2D eigenvalue weighted by molar-refractivity contribution is 6.08. The van der Waals surface area contributed by atoms with Crippen LogP contribution in [0.3, 0.4) is 0 Å². The first-order valence-corrected chi connectivity index (χ1v) is 18.8. The van der Waals surface area contributed by atoms with E-state index in [2.05, 4.69) is 22.2 Å². The average Bonchev–Trinajstić information content (AvgIpc) is 3.95. The molecule has 1 aliphatic carbocycles. The monoisotopic (exact) mass is 800 g/mol. The number of ketones is 1. The maximum absolute atomic E-state index is 14.2. The number of aliphatic hydroxyl groups excluding tert-OH is 1. The van der Waals surface area contributed by atoms with E-state index in [0.717, 1.165) is 12.8 Å². The number of benzene rings is 2. The van der Waals surface area contributed by atoms with Gasteiger partial charge in [-0.05, 0) is 93.0 Å². The highest BCUT2D eigenvalue weighted by atomic mass is 16.8. The predicted molar refractivity (Wildman–Crippen MR) is 209 cm³/mol. The van der Waals surface area contributed by atoms with Crippen LogP contribution in [0.4, 0.5) is 9.59 Å². The van der Waals surface area contributed by atoms with Gasteiger partial charge in [-0.25, -0.2) is 19.4 Å². The second kappa shape index (κ2) is 19.0. The molecular formula is C42H48N4O12. The van der Waals surface area contributed by atoms with E-state index < -0.39 is 60.8 Å². The number of pyridine rings is 1. The van der Waals surface area contributed by atoms with Crippen LogP contribution in [0.25, 0.3) is 17.2 Å². The fourth-order valence-corrected chi connectivity index (χ4v) is 5.93. The van der Waals surface area contributed by atoms with Gasteiger partial charge < -0.3 is 38.8 Å². The molecule has 3 aromatic rings. The molecule has 2 fully saturated rings. The molecule has 16 nitrogen and oxygen atoms in total. The number of rotatable bonds is 16. The van der Waals surface area contributed by atoms with E-state index in [1.165, 1.54) is 31.2 Å². The van der Waals surface area contributed by atoms with Crippen molar-refractivity contribution in [2.75, 3.05) is 19.8 Å².